The smallest absolute Gasteiger partial charge is 0 e. The van der Waals surface area contributed by atoms with Crippen LogP contribution in [0, 0.1) is 0 Å². The van der Waals surface area contributed by atoms with Gasteiger partial charge in [-0.3, -0.25) is 0 Å². The largest absolute Gasteiger partial charge is 0 e. The van der Waals surface area contributed by atoms with Crippen LogP contribution in [-0.2, 0) is 82.7 Å². The van der Waals surface area contributed by atoms with Crippen molar-refractivity contribution in [3.05, 3.63) is 0 Å². The SMILES string of the molecule is [Co].[Ni].[Ni].[Ni].[Ni]. The first-order valence-corrected chi connectivity index (χ1v) is 0. The maximum Gasteiger partial charge on any atom is 0 e. The van der Waals surface area contributed by atoms with Crippen molar-refractivity contribution in [3.63, 3.8) is 0 Å². The maximum absolute atomic E-state index is 0. The average Bonchev–Trinajstić information content (AvgIpc) is 0. The van der Waals surface area contributed by atoms with Crippen LogP contribution in [0.2, 0.25) is 0 Å². The van der Waals surface area contributed by atoms with Crippen LogP contribution in [0.25, 0.3) is 0 Å². The molecule has 49 valence electrons. The quantitative estimate of drug-likeness (QED) is 0.551. The van der Waals surface area contributed by atoms with Crippen molar-refractivity contribution >= 4 is 0 Å². The van der Waals surface area contributed by atoms with Gasteiger partial charge in [0.2, 0.25) is 0 Å². The Hall–Kier alpha value is 2.48. The molecule has 0 aromatic heterocycles. The van der Waals surface area contributed by atoms with Gasteiger partial charge >= 0.3 is 0 Å². The Morgan fingerprint density at radius 1 is 0.400 bits per heavy atom. The molecule has 0 saturated carbocycles. The fourth-order valence-electron chi connectivity index (χ4n) is 0. The molecule has 0 amide bonds. The summed E-state index contributed by atoms with van der Waals surface area (Å²) in [7, 11) is 0. The van der Waals surface area contributed by atoms with Crippen molar-refractivity contribution in [3.8, 4) is 0 Å². The van der Waals surface area contributed by atoms with Crippen molar-refractivity contribution in [2.24, 2.45) is 0 Å². The minimum atomic E-state index is 0. The van der Waals surface area contributed by atoms with E-state index in [1.54, 1.807) is 0 Å². The van der Waals surface area contributed by atoms with E-state index in [9.17, 15) is 0 Å². The van der Waals surface area contributed by atoms with Gasteiger partial charge < -0.3 is 0 Å². The molecule has 0 aliphatic rings. The average molecular weight is 294 g/mol. The molecule has 0 aromatic rings. The van der Waals surface area contributed by atoms with E-state index in [-0.39, 0.29) is 82.7 Å². The van der Waals surface area contributed by atoms with Crippen molar-refractivity contribution in [1.82, 2.24) is 0 Å². The Balaban J connectivity index is 0. The molecule has 0 heterocycles. The summed E-state index contributed by atoms with van der Waals surface area (Å²) in [6, 6.07) is 0. The maximum atomic E-state index is 0. The van der Waals surface area contributed by atoms with Crippen LogP contribution in [0.15, 0.2) is 0 Å². The Labute approximate surface area is 81.9 Å². The van der Waals surface area contributed by atoms with Crippen molar-refractivity contribution in [1.29, 1.82) is 0 Å². The minimum Gasteiger partial charge on any atom is 0 e. The molecular weight excluding hydrogens is 294 g/mol. The first-order valence-electron chi connectivity index (χ1n) is 0. The molecule has 5 heavy (non-hydrogen) atoms. The van der Waals surface area contributed by atoms with Gasteiger partial charge in [-0.15, -0.1) is 0 Å². The number of hydrogen-bond donors (Lipinski definition) is 0. The second-order valence-corrected chi connectivity index (χ2v) is 0. The summed E-state index contributed by atoms with van der Waals surface area (Å²) >= 11 is 0. The molecule has 0 N–H and O–H groups in total. The topological polar surface area (TPSA) is 0 Å². The number of hydrogen-bond acceptors (Lipinski definition) is 0. The number of rotatable bonds is 0. The van der Waals surface area contributed by atoms with E-state index in [2.05, 4.69) is 0 Å². The van der Waals surface area contributed by atoms with Crippen molar-refractivity contribution in [2.75, 3.05) is 0 Å². The van der Waals surface area contributed by atoms with Crippen LogP contribution in [0.4, 0.5) is 0 Å². The van der Waals surface area contributed by atoms with Gasteiger partial charge in [-0.2, -0.15) is 0 Å². The molecule has 0 bridgehead atoms. The first kappa shape index (κ1) is 51.1. The fourth-order valence-corrected chi connectivity index (χ4v) is 0. The van der Waals surface area contributed by atoms with Gasteiger partial charge in [0.05, 0.1) is 0 Å². The molecule has 1 radical (unpaired) electrons. The van der Waals surface area contributed by atoms with Crippen LogP contribution in [0.3, 0.4) is 0 Å². The normalized spacial score (nSPS) is 0. The fraction of sp³-hybridized carbons (Fsp3) is 0. The van der Waals surface area contributed by atoms with Gasteiger partial charge in [-0.05, 0) is 0 Å². The van der Waals surface area contributed by atoms with E-state index in [0.29, 0.717) is 0 Å². The van der Waals surface area contributed by atoms with E-state index >= 15 is 0 Å². The second kappa shape index (κ2) is 31.6. The van der Waals surface area contributed by atoms with E-state index in [0.717, 1.165) is 0 Å². The monoisotopic (exact) mass is 291 g/mol. The predicted molar refractivity (Wildman–Crippen MR) is 0 cm³/mol. The van der Waals surface area contributed by atoms with Crippen LogP contribution in [-0.4, -0.2) is 0 Å². The predicted octanol–water partition coefficient (Wildman–Crippen LogP) is -0.0125. The first-order chi connectivity index (χ1) is 0. The molecule has 0 nitrogen and oxygen atoms in total. The van der Waals surface area contributed by atoms with E-state index < -0.39 is 0 Å². The van der Waals surface area contributed by atoms with Gasteiger partial charge in [0.1, 0.15) is 0 Å². The zero-order valence-electron chi connectivity index (χ0n) is 1.60. The third-order valence-electron chi connectivity index (χ3n) is 0. The van der Waals surface area contributed by atoms with E-state index in [4.69, 9.17) is 0 Å². The van der Waals surface area contributed by atoms with Crippen LogP contribution in [0.1, 0.15) is 0 Å². The zero-order valence-corrected chi connectivity index (χ0v) is 6.59. The van der Waals surface area contributed by atoms with Crippen molar-refractivity contribution in [2.45, 2.75) is 0 Å². The molecular formula is CoNi4. The Kier molecular flexibility index (Phi) is 323. The second-order valence-electron chi connectivity index (χ2n) is 0. The molecule has 0 aliphatic carbocycles. The van der Waals surface area contributed by atoms with Crippen molar-refractivity contribution < 1.29 is 82.7 Å². The van der Waals surface area contributed by atoms with Gasteiger partial charge in [-0.1, -0.05) is 0 Å². The minimum absolute atomic E-state index is 0. The Morgan fingerprint density at radius 3 is 0.400 bits per heavy atom. The third-order valence-corrected chi connectivity index (χ3v) is 0. The molecule has 0 atom stereocenters. The standard InChI is InChI=1S/Co.4Ni. The summed E-state index contributed by atoms with van der Waals surface area (Å²) in [5.74, 6) is 0. The van der Waals surface area contributed by atoms with Crippen LogP contribution < -0.4 is 0 Å². The molecule has 0 rings (SSSR count). The molecule has 5 heteroatoms. The zero-order chi connectivity index (χ0) is 0. The summed E-state index contributed by atoms with van der Waals surface area (Å²) in [5.41, 5.74) is 0. The Morgan fingerprint density at radius 2 is 0.400 bits per heavy atom. The summed E-state index contributed by atoms with van der Waals surface area (Å²) in [5, 5.41) is 0. The van der Waals surface area contributed by atoms with Gasteiger partial charge in [0, 0.05) is 82.7 Å². The van der Waals surface area contributed by atoms with Gasteiger partial charge in [0.15, 0.2) is 0 Å². The Bertz CT molecular complexity index is 3.61. The van der Waals surface area contributed by atoms with Gasteiger partial charge in [0.25, 0.3) is 0 Å². The summed E-state index contributed by atoms with van der Waals surface area (Å²) in [6.45, 7) is 0. The van der Waals surface area contributed by atoms with E-state index in [1.807, 2.05) is 0 Å². The molecule has 0 fully saturated rings. The van der Waals surface area contributed by atoms with Crippen LogP contribution >= 0.6 is 0 Å². The summed E-state index contributed by atoms with van der Waals surface area (Å²) in [4.78, 5) is 0. The summed E-state index contributed by atoms with van der Waals surface area (Å²) in [6.07, 6.45) is 0. The molecule has 0 unspecified atom stereocenters. The molecule has 0 aliphatic heterocycles. The third kappa shape index (κ3) is 21.1. The van der Waals surface area contributed by atoms with Crippen LogP contribution in [0.5, 0.6) is 0 Å². The van der Waals surface area contributed by atoms with Gasteiger partial charge in [-0.25, -0.2) is 0 Å². The molecule has 0 aromatic carbocycles. The molecule has 0 saturated heterocycles. The van der Waals surface area contributed by atoms with E-state index in [1.165, 1.54) is 0 Å². The summed E-state index contributed by atoms with van der Waals surface area (Å²) < 4.78 is 0. The molecule has 0 spiro atoms.